The summed E-state index contributed by atoms with van der Waals surface area (Å²) in [4.78, 5) is 15.8. The highest BCUT2D eigenvalue weighted by atomic mass is 32.2. The lowest BCUT2D eigenvalue weighted by atomic mass is 9.98. The molecule has 3 heterocycles. The van der Waals surface area contributed by atoms with E-state index in [1.54, 1.807) is 25.3 Å². The molecule has 0 unspecified atom stereocenters. The lowest BCUT2D eigenvalue weighted by molar-refractivity contribution is 0.558. The van der Waals surface area contributed by atoms with E-state index >= 15 is 8.78 Å². The first-order valence-corrected chi connectivity index (χ1v) is 20.4. The maximum Gasteiger partial charge on any atom is 0.265 e. The zero-order valence-corrected chi connectivity index (χ0v) is 30.9. The minimum atomic E-state index is -4.54. The largest absolute Gasteiger partial charge is 0.372 e. The Hall–Kier alpha value is -3.69. The first-order chi connectivity index (χ1) is 23.1. The number of nitrogens with zero attached hydrogens (tertiary/aromatic N) is 4. The van der Waals surface area contributed by atoms with E-state index in [1.807, 2.05) is 39.5 Å². The van der Waals surface area contributed by atoms with Gasteiger partial charge in [-0.3, -0.25) is 4.72 Å². The SMILES string of the molecule is CCc1cc(N(CC)CC)cc(F)c1S(=O)(=O)Nc1cccc(-c2nc(C(C)(C)C)sc2-c2ccnc(NC3CCS(=O)(=O)CC3)n2)c1F. The number of benzene rings is 2. The molecule has 0 aliphatic carbocycles. The summed E-state index contributed by atoms with van der Waals surface area (Å²) >= 11 is 1.34. The van der Waals surface area contributed by atoms with Crippen LogP contribution in [0.15, 0.2) is 47.5 Å². The zero-order chi connectivity index (χ0) is 35.7. The van der Waals surface area contributed by atoms with Gasteiger partial charge in [0.1, 0.15) is 20.5 Å². The molecule has 49 heavy (non-hydrogen) atoms. The van der Waals surface area contributed by atoms with E-state index in [9.17, 15) is 16.8 Å². The van der Waals surface area contributed by atoms with Crippen LogP contribution in [0.5, 0.6) is 0 Å². The van der Waals surface area contributed by atoms with Crippen LogP contribution in [-0.4, -0.2) is 62.4 Å². The summed E-state index contributed by atoms with van der Waals surface area (Å²) in [6.07, 6.45) is 2.69. The summed E-state index contributed by atoms with van der Waals surface area (Å²) < 4.78 is 85.4. The smallest absolute Gasteiger partial charge is 0.265 e. The Morgan fingerprint density at radius 2 is 1.71 bits per heavy atom. The fourth-order valence-corrected chi connectivity index (χ4v) is 9.74. The molecule has 4 aromatic rings. The quantitative estimate of drug-likeness (QED) is 0.167. The molecule has 1 fully saturated rings. The number of aromatic nitrogens is 3. The van der Waals surface area contributed by atoms with Crippen LogP contribution in [0.3, 0.4) is 0 Å². The van der Waals surface area contributed by atoms with Crippen LogP contribution in [-0.2, 0) is 31.7 Å². The number of rotatable bonds is 11. The highest BCUT2D eigenvalue weighted by molar-refractivity contribution is 7.92. The molecule has 0 amide bonds. The zero-order valence-electron chi connectivity index (χ0n) is 28.5. The van der Waals surface area contributed by atoms with Gasteiger partial charge in [0.15, 0.2) is 5.82 Å². The summed E-state index contributed by atoms with van der Waals surface area (Å²) in [7, 11) is -7.58. The number of thiazole rings is 1. The number of halogens is 2. The Morgan fingerprint density at radius 3 is 2.35 bits per heavy atom. The lowest BCUT2D eigenvalue weighted by Gasteiger charge is -2.23. The van der Waals surface area contributed by atoms with E-state index in [0.29, 0.717) is 53.1 Å². The molecule has 5 rings (SSSR count). The summed E-state index contributed by atoms with van der Waals surface area (Å²) in [5.74, 6) is -1.30. The third kappa shape index (κ3) is 8.04. The van der Waals surface area contributed by atoms with E-state index in [-0.39, 0.29) is 46.5 Å². The van der Waals surface area contributed by atoms with Crippen LogP contribution in [0.1, 0.15) is 65.0 Å². The third-order valence-corrected chi connectivity index (χ3v) is 13.1. The van der Waals surface area contributed by atoms with Crippen LogP contribution in [0.2, 0.25) is 0 Å². The molecule has 0 saturated carbocycles. The van der Waals surface area contributed by atoms with E-state index in [2.05, 4.69) is 20.0 Å². The van der Waals surface area contributed by atoms with Crippen molar-refractivity contribution in [2.75, 3.05) is 39.5 Å². The van der Waals surface area contributed by atoms with Crippen molar-refractivity contribution in [3.05, 3.63) is 64.8 Å². The molecule has 15 heteroatoms. The molecule has 1 saturated heterocycles. The van der Waals surface area contributed by atoms with Crippen molar-refractivity contribution in [2.24, 2.45) is 0 Å². The Labute approximate surface area is 291 Å². The Bertz CT molecular complexity index is 2050. The number of aryl methyl sites for hydroxylation is 1. The van der Waals surface area contributed by atoms with Crippen molar-refractivity contribution < 1.29 is 25.6 Å². The molecule has 0 bridgehead atoms. The molecular formula is C34H42F2N6O4S3. The van der Waals surface area contributed by atoms with Gasteiger partial charge in [-0.25, -0.2) is 40.6 Å². The van der Waals surface area contributed by atoms with Crippen molar-refractivity contribution in [1.29, 1.82) is 0 Å². The van der Waals surface area contributed by atoms with Crippen molar-refractivity contribution in [1.82, 2.24) is 15.0 Å². The normalized spacial score (nSPS) is 15.3. The molecule has 2 aromatic heterocycles. The first-order valence-electron chi connectivity index (χ1n) is 16.3. The molecule has 2 aromatic carbocycles. The van der Waals surface area contributed by atoms with Crippen molar-refractivity contribution in [3.8, 4) is 21.8 Å². The fourth-order valence-electron chi connectivity index (χ4n) is 5.73. The summed E-state index contributed by atoms with van der Waals surface area (Å²) in [5.41, 5.74) is 0.891. The Balaban J connectivity index is 1.53. The van der Waals surface area contributed by atoms with Gasteiger partial charge in [-0.1, -0.05) is 33.8 Å². The number of hydrogen-bond donors (Lipinski definition) is 2. The van der Waals surface area contributed by atoms with E-state index in [4.69, 9.17) is 4.98 Å². The third-order valence-electron chi connectivity index (χ3n) is 8.43. The minimum absolute atomic E-state index is 0.0422. The Kier molecular flexibility index (Phi) is 10.7. The molecule has 10 nitrogen and oxygen atoms in total. The van der Waals surface area contributed by atoms with Crippen LogP contribution in [0.4, 0.5) is 26.1 Å². The van der Waals surface area contributed by atoms with Gasteiger partial charge in [0, 0.05) is 42.0 Å². The standard InChI is InChI=1S/C34H42F2N6O4S3/c1-7-21-19-23(42(8-2)9-3)20-25(35)31(21)49(45,46)41-26-12-10-11-24(28(26)36)29-30(47-32(40-29)34(4,5)6)27-13-16-37-33(39-27)38-22-14-17-48(43,44)18-15-22/h10-13,16,19-20,22,41H,7-9,14-15,17-18H2,1-6H3,(H,37,38,39). The van der Waals surface area contributed by atoms with Crippen LogP contribution >= 0.6 is 11.3 Å². The molecule has 2 N–H and O–H groups in total. The van der Waals surface area contributed by atoms with Gasteiger partial charge >= 0.3 is 0 Å². The van der Waals surface area contributed by atoms with Gasteiger partial charge < -0.3 is 10.2 Å². The topological polar surface area (TPSA) is 134 Å². The monoisotopic (exact) mass is 732 g/mol. The van der Waals surface area contributed by atoms with Crippen molar-refractivity contribution >= 4 is 48.5 Å². The molecule has 264 valence electrons. The van der Waals surface area contributed by atoms with Crippen molar-refractivity contribution in [2.45, 2.75) is 77.2 Å². The molecule has 0 radical (unpaired) electrons. The molecule has 1 aliphatic heterocycles. The van der Waals surface area contributed by atoms with E-state index in [0.717, 1.165) is 0 Å². The first kappa shape index (κ1) is 36.6. The maximum atomic E-state index is 16.4. The van der Waals surface area contributed by atoms with E-state index in [1.165, 1.54) is 35.6 Å². The Morgan fingerprint density at radius 1 is 1.02 bits per heavy atom. The molecular weight excluding hydrogens is 691 g/mol. The number of sulfonamides is 1. The number of anilines is 3. The second kappa shape index (κ2) is 14.3. The van der Waals surface area contributed by atoms with Crippen LogP contribution in [0.25, 0.3) is 21.8 Å². The molecule has 1 aliphatic rings. The second-order valence-electron chi connectivity index (χ2n) is 13.0. The molecule has 0 atom stereocenters. The highest BCUT2D eigenvalue weighted by Gasteiger charge is 2.30. The van der Waals surface area contributed by atoms with Gasteiger partial charge in [-0.05, 0) is 69.0 Å². The van der Waals surface area contributed by atoms with Gasteiger partial charge in [0.25, 0.3) is 10.0 Å². The average molecular weight is 733 g/mol. The lowest BCUT2D eigenvalue weighted by Crippen LogP contribution is -2.32. The summed E-state index contributed by atoms with van der Waals surface area (Å²) in [5, 5.41) is 3.94. The number of sulfone groups is 1. The predicted molar refractivity (Wildman–Crippen MR) is 193 cm³/mol. The highest BCUT2D eigenvalue weighted by Crippen LogP contribution is 2.42. The van der Waals surface area contributed by atoms with Gasteiger partial charge in [-0.15, -0.1) is 11.3 Å². The minimum Gasteiger partial charge on any atom is -0.372 e. The summed E-state index contributed by atoms with van der Waals surface area (Å²) in [6.45, 7) is 12.8. The molecule has 0 spiro atoms. The van der Waals surface area contributed by atoms with Gasteiger partial charge in [-0.2, -0.15) is 0 Å². The fraction of sp³-hybridized carbons (Fsp3) is 0.441. The maximum absolute atomic E-state index is 16.4. The van der Waals surface area contributed by atoms with Crippen LogP contribution < -0.4 is 14.9 Å². The summed E-state index contributed by atoms with van der Waals surface area (Å²) in [6, 6.07) is 8.74. The van der Waals surface area contributed by atoms with Crippen molar-refractivity contribution in [3.63, 3.8) is 0 Å². The van der Waals surface area contributed by atoms with Gasteiger partial charge in [0.05, 0.1) is 38.5 Å². The predicted octanol–water partition coefficient (Wildman–Crippen LogP) is 7.04. The average Bonchev–Trinajstić information content (AvgIpc) is 3.50. The van der Waals surface area contributed by atoms with E-state index < -0.39 is 41.8 Å². The van der Waals surface area contributed by atoms with Crippen LogP contribution in [0, 0.1) is 11.6 Å². The number of hydrogen-bond acceptors (Lipinski definition) is 10. The number of nitrogens with one attached hydrogen (secondary N) is 2. The second-order valence-corrected chi connectivity index (χ2v) is 17.9. The van der Waals surface area contributed by atoms with Gasteiger partial charge in [0.2, 0.25) is 5.95 Å².